The van der Waals surface area contributed by atoms with E-state index in [9.17, 15) is 14.9 Å². The third-order valence-corrected chi connectivity index (χ3v) is 4.48. The van der Waals surface area contributed by atoms with E-state index in [2.05, 4.69) is 10.6 Å². The van der Waals surface area contributed by atoms with Crippen LogP contribution in [-0.4, -0.2) is 17.4 Å². The van der Waals surface area contributed by atoms with Crippen molar-refractivity contribution >= 4 is 28.9 Å². The maximum atomic E-state index is 12.4. The number of carbonyl (C=O) groups excluding carboxylic acids is 1. The number of anilines is 1. The summed E-state index contributed by atoms with van der Waals surface area (Å²) in [6.07, 6.45) is 0. The lowest BCUT2D eigenvalue weighted by atomic mass is 9.99. The third-order valence-electron chi connectivity index (χ3n) is 4.17. The fourth-order valence-electron chi connectivity index (χ4n) is 2.83. The van der Waals surface area contributed by atoms with Gasteiger partial charge < -0.3 is 5.32 Å². The van der Waals surface area contributed by atoms with Gasteiger partial charge in [0.15, 0.2) is 0 Å². The molecular weight excluding hydrogens is 378 g/mol. The van der Waals surface area contributed by atoms with Crippen molar-refractivity contribution in [3.8, 4) is 0 Å². The van der Waals surface area contributed by atoms with E-state index in [1.54, 1.807) is 0 Å². The summed E-state index contributed by atoms with van der Waals surface area (Å²) in [7, 11) is 0. The van der Waals surface area contributed by atoms with Gasteiger partial charge in [0.05, 0.1) is 28.2 Å². The molecule has 3 aromatic rings. The molecule has 0 heterocycles. The van der Waals surface area contributed by atoms with Gasteiger partial charge in [0, 0.05) is 12.1 Å². The minimum absolute atomic E-state index is 0.0434. The molecule has 7 heteroatoms. The first kappa shape index (κ1) is 19.5. The summed E-state index contributed by atoms with van der Waals surface area (Å²) in [6, 6.07) is 23.4. The normalized spacial score (nSPS) is 10.6. The number of nitro benzene ring substituents is 1. The van der Waals surface area contributed by atoms with Gasteiger partial charge in [0.1, 0.15) is 0 Å². The molecule has 2 N–H and O–H groups in total. The van der Waals surface area contributed by atoms with Gasteiger partial charge in [-0.05, 0) is 17.2 Å². The van der Waals surface area contributed by atoms with Crippen LogP contribution in [0.1, 0.15) is 17.2 Å². The van der Waals surface area contributed by atoms with Crippen LogP contribution in [0.15, 0.2) is 78.9 Å². The molecule has 0 unspecified atom stereocenters. The van der Waals surface area contributed by atoms with Gasteiger partial charge in [-0.15, -0.1) is 0 Å². The van der Waals surface area contributed by atoms with Crippen molar-refractivity contribution in [3.05, 3.63) is 105 Å². The van der Waals surface area contributed by atoms with Crippen molar-refractivity contribution in [3.63, 3.8) is 0 Å². The Hall–Kier alpha value is -3.22. The van der Waals surface area contributed by atoms with Gasteiger partial charge >= 0.3 is 0 Å². The summed E-state index contributed by atoms with van der Waals surface area (Å²) in [5.41, 5.74) is 2.27. The standard InChI is InChI=1S/C21H18ClN3O3/c22-18-13-17(25(27)28)11-12-19(18)24-20(26)14-23-21(15-7-3-1-4-8-15)16-9-5-2-6-10-16/h1-13,21,23H,14H2,(H,24,26). The maximum Gasteiger partial charge on any atom is 0.271 e. The Morgan fingerprint density at radius 3 is 2.04 bits per heavy atom. The number of hydrogen-bond acceptors (Lipinski definition) is 4. The molecule has 3 rings (SSSR count). The molecule has 3 aromatic carbocycles. The maximum absolute atomic E-state index is 12.4. The first-order chi connectivity index (χ1) is 13.5. The molecule has 0 aliphatic carbocycles. The quantitative estimate of drug-likeness (QED) is 0.453. The number of benzene rings is 3. The Labute approximate surface area is 167 Å². The van der Waals surface area contributed by atoms with Crippen molar-refractivity contribution in [1.29, 1.82) is 0 Å². The number of nitro groups is 1. The number of hydrogen-bond donors (Lipinski definition) is 2. The Balaban J connectivity index is 1.70. The number of nitrogens with one attached hydrogen (secondary N) is 2. The predicted molar refractivity (Wildman–Crippen MR) is 109 cm³/mol. The molecule has 0 spiro atoms. The lowest BCUT2D eigenvalue weighted by Gasteiger charge is -2.20. The molecule has 0 saturated carbocycles. The average molecular weight is 396 g/mol. The second kappa shape index (κ2) is 9.12. The molecule has 6 nitrogen and oxygen atoms in total. The smallest absolute Gasteiger partial charge is 0.271 e. The molecule has 0 atom stereocenters. The second-order valence-electron chi connectivity index (χ2n) is 6.10. The Morgan fingerprint density at radius 1 is 0.964 bits per heavy atom. The van der Waals surface area contributed by atoms with Gasteiger partial charge in [-0.2, -0.15) is 0 Å². The molecule has 0 fully saturated rings. The van der Waals surface area contributed by atoms with Gasteiger partial charge in [0.25, 0.3) is 5.69 Å². The zero-order valence-corrected chi connectivity index (χ0v) is 15.6. The van der Waals surface area contributed by atoms with E-state index in [0.29, 0.717) is 5.69 Å². The van der Waals surface area contributed by atoms with Crippen LogP contribution in [0.3, 0.4) is 0 Å². The first-order valence-electron chi connectivity index (χ1n) is 8.61. The molecule has 0 aliphatic rings. The summed E-state index contributed by atoms with van der Waals surface area (Å²) in [5, 5.41) is 16.8. The number of carbonyl (C=O) groups is 1. The SMILES string of the molecule is O=C(CNC(c1ccccc1)c1ccccc1)Nc1ccc([N+](=O)[O-])cc1Cl. The van der Waals surface area contributed by atoms with Crippen molar-refractivity contribution in [1.82, 2.24) is 5.32 Å². The second-order valence-corrected chi connectivity index (χ2v) is 6.51. The molecule has 0 aliphatic heterocycles. The number of rotatable bonds is 7. The van der Waals surface area contributed by atoms with Gasteiger partial charge in [0.2, 0.25) is 5.91 Å². The Bertz CT molecular complexity index is 926. The van der Waals surface area contributed by atoms with Crippen molar-refractivity contribution in [2.75, 3.05) is 11.9 Å². The minimum Gasteiger partial charge on any atom is -0.324 e. The Morgan fingerprint density at radius 2 is 1.54 bits per heavy atom. The number of halogens is 1. The molecule has 28 heavy (non-hydrogen) atoms. The van der Waals surface area contributed by atoms with Crippen molar-refractivity contribution < 1.29 is 9.72 Å². The van der Waals surface area contributed by atoms with Crippen LogP contribution >= 0.6 is 11.6 Å². The topological polar surface area (TPSA) is 84.3 Å². The predicted octanol–water partition coefficient (Wildman–Crippen LogP) is 4.57. The summed E-state index contributed by atoms with van der Waals surface area (Å²) in [6.45, 7) is 0.0434. The summed E-state index contributed by atoms with van der Waals surface area (Å²) >= 11 is 6.03. The van der Waals surface area contributed by atoms with Gasteiger partial charge in [-0.1, -0.05) is 72.3 Å². The van der Waals surface area contributed by atoms with E-state index in [1.165, 1.54) is 18.2 Å². The number of nitrogens with zero attached hydrogens (tertiary/aromatic N) is 1. The highest BCUT2D eigenvalue weighted by Gasteiger charge is 2.16. The zero-order valence-electron chi connectivity index (χ0n) is 14.8. The van der Waals surface area contributed by atoms with Crippen LogP contribution in [0.4, 0.5) is 11.4 Å². The average Bonchev–Trinajstić information content (AvgIpc) is 2.71. The monoisotopic (exact) mass is 395 g/mol. The molecule has 1 amide bonds. The van der Waals surface area contributed by atoms with Crippen LogP contribution in [0.25, 0.3) is 0 Å². The zero-order chi connectivity index (χ0) is 19.9. The largest absolute Gasteiger partial charge is 0.324 e. The lowest BCUT2D eigenvalue weighted by Crippen LogP contribution is -2.32. The van der Waals surface area contributed by atoms with Gasteiger partial charge in [-0.25, -0.2) is 0 Å². The molecule has 142 valence electrons. The van der Waals surface area contributed by atoms with Crippen molar-refractivity contribution in [2.24, 2.45) is 0 Å². The minimum atomic E-state index is -0.538. The Kier molecular flexibility index (Phi) is 6.37. The third kappa shape index (κ3) is 4.94. The van der Waals surface area contributed by atoms with E-state index in [4.69, 9.17) is 11.6 Å². The van der Waals surface area contributed by atoms with Crippen LogP contribution in [0, 0.1) is 10.1 Å². The summed E-state index contributed by atoms with van der Waals surface area (Å²) < 4.78 is 0. The van der Waals surface area contributed by atoms with E-state index >= 15 is 0 Å². The van der Waals surface area contributed by atoms with Crippen LogP contribution < -0.4 is 10.6 Å². The number of amides is 1. The molecule has 0 radical (unpaired) electrons. The molecular formula is C21H18ClN3O3. The first-order valence-corrected chi connectivity index (χ1v) is 8.99. The summed E-state index contributed by atoms with van der Waals surface area (Å²) in [5.74, 6) is -0.299. The lowest BCUT2D eigenvalue weighted by molar-refractivity contribution is -0.384. The van der Waals surface area contributed by atoms with E-state index < -0.39 is 4.92 Å². The van der Waals surface area contributed by atoms with Gasteiger partial charge in [-0.3, -0.25) is 20.2 Å². The van der Waals surface area contributed by atoms with E-state index in [1.807, 2.05) is 60.7 Å². The number of non-ortho nitro benzene ring substituents is 1. The highest BCUT2D eigenvalue weighted by Crippen LogP contribution is 2.26. The molecule has 0 aromatic heterocycles. The fraction of sp³-hybridized carbons (Fsp3) is 0.0952. The highest BCUT2D eigenvalue weighted by atomic mass is 35.5. The van der Waals surface area contributed by atoms with Crippen molar-refractivity contribution in [2.45, 2.75) is 6.04 Å². The van der Waals surface area contributed by atoms with Crippen LogP contribution in [0.5, 0.6) is 0 Å². The van der Waals surface area contributed by atoms with E-state index in [0.717, 1.165) is 11.1 Å². The fourth-order valence-corrected chi connectivity index (χ4v) is 3.05. The molecule has 0 saturated heterocycles. The molecule has 0 bridgehead atoms. The van der Waals surface area contributed by atoms with E-state index in [-0.39, 0.29) is 29.2 Å². The highest BCUT2D eigenvalue weighted by molar-refractivity contribution is 6.34. The summed E-state index contributed by atoms with van der Waals surface area (Å²) in [4.78, 5) is 22.6. The van der Waals surface area contributed by atoms with Crippen LogP contribution in [0.2, 0.25) is 5.02 Å². The van der Waals surface area contributed by atoms with Crippen LogP contribution in [-0.2, 0) is 4.79 Å².